The van der Waals surface area contributed by atoms with E-state index in [4.69, 9.17) is 5.73 Å². The van der Waals surface area contributed by atoms with Crippen LogP contribution in [0.2, 0.25) is 0 Å². The summed E-state index contributed by atoms with van der Waals surface area (Å²) in [5, 5.41) is 10.4. The highest BCUT2D eigenvalue weighted by Gasteiger charge is 2.39. The van der Waals surface area contributed by atoms with E-state index in [0.29, 0.717) is 30.4 Å². The molecule has 2 nitrogen and oxygen atoms in total. The maximum atomic E-state index is 12.6. The van der Waals surface area contributed by atoms with Gasteiger partial charge in [0, 0.05) is 6.04 Å². The number of hydrogen-bond acceptors (Lipinski definition) is 2. The van der Waals surface area contributed by atoms with Gasteiger partial charge in [0.1, 0.15) is 0 Å². The minimum Gasteiger partial charge on any atom is -0.385 e. The lowest BCUT2D eigenvalue weighted by Crippen LogP contribution is -2.26. The van der Waals surface area contributed by atoms with Crippen molar-refractivity contribution in [3.63, 3.8) is 0 Å². The van der Waals surface area contributed by atoms with E-state index in [0.717, 1.165) is 12.1 Å². The summed E-state index contributed by atoms with van der Waals surface area (Å²) in [5.74, 6) is 0. The van der Waals surface area contributed by atoms with Gasteiger partial charge in [-0.25, -0.2) is 0 Å². The molecule has 2 unspecified atom stereocenters. The normalized spacial score (nSPS) is 28.7. The third kappa shape index (κ3) is 2.37. The molecule has 1 aliphatic carbocycles. The van der Waals surface area contributed by atoms with Gasteiger partial charge in [-0.05, 0) is 49.4 Å². The zero-order valence-corrected chi connectivity index (χ0v) is 10.1. The summed E-state index contributed by atoms with van der Waals surface area (Å²) in [6.45, 7) is 1.59. The van der Waals surface area contributed by atoms with E-state index in [9.17, 15) is 18.3 Å². The van der Waals surface area contributed by atoms with E-state index in [1.165, 1.54) is 6.07 Å². The second-order valence-electron chi connectivity index (χ2n) is 5.06. The third-order valence-electron chi connectivity index (χ3n) is 3.58. The molecule has 0 amide bonds. The topological polar surface area (TPSA) is 46.2 Å². The molecule has 0 spiro atoms. The SMILES string of the molecule is Cc1cc(C(F)(F)F)ccc1C1(O)CCC(N)C1. The van der Waals surface area contributed by atoms with Crippen LogP contribution in [0.5, 0.6) is 0 Å². The first-order valence-corrected chi connectivity index (χ1v) is 5.89. The average Bonchev–Trinajstić information content (AvgIpc) is 2.58. The monoisotopic (exact) mass is 259 g/mol. The Balaban J connectivity index is 2.36. The predicted molar refractivity (Wildman–Crippen MR) is 61.9 cm³/mol. The van der Waals surface area contributed by atoms with Gasteiger partial charge in [0.15, 0.2) is 0 Å². The molecule has 2 atom stereocenters. The fourth-order valence-electron chi connectivity index (χ4n) is 2.67. The van der Waals surface area contributed by atoms with Crippen molar-refractivity contribution in [1.29, 1.82) is 0 Å². The average molecular weight is 259 g/mol. The number of alkyl halides is 3. The Labute approximate surface area is 104 Å². The first-order valence-electron chi connectivity index (χ1n) is 5.89. The molecule has 3 N–H and O–H groups in total. The highest BCUT2D eigenvalue weighted by molar-refractivity contribution is 5.37. The molecule has 0 radical (unpaired) electrons. The van der Waals surface area contributed by atoms with Gasteiger partial charge in [-0.2, -0.15) is 13.2 Å². The number of aliphatic hydroxyl groups is 1. The van der Waals surface area contributed by atoms with Gasteiger partial charge in [-0.15, -0.1) is 0 Å². The number of halogens is 3. The van der Waals surface area contributed by atoms with E-state index in [-0.39, 0.29) is 6.04 Å². The van der Waals surface area contributed by atoms with Gasteiger partial charge >= 0.3 is 6.18 Å². The van der Waals surface area contributed by atoms with Gasteiger partial charge < -0.3 is 10.8 Å². The van der Waals surface area contributed by atoms with Crippen LogP contribution in [0, 0.1) is 6.92 Å². The molecular formula is C13H16F3NO. The Kier molecular flexibility index (Phi) is 3.15. The van der Waals surface area contributed by atoms with Crippen molar-refractivity contribution in [3.05, 3.63) is 34.9 Å². The summed E-state index contributed by atoms with van der Waals surface area (Å²) in [7, 11) is 0. The molecule has 0 heterocycles. The Morgan fingerprint density at radius 1 is 1.39 bits per heavy atom. The predicted octanol–water partition coefficient (Wildman–Crippen LogP) is 2.71. The smallest absolute Gasteiger partial charge is 0.385 e. The molecule has 18 heavy (non-hydrogen) atoms. The standard InChI is InChI=1S/C13H16F3NO/c1-8-6-9(13(14,15)16)2-3-11(8)12(18)5-4-10(17)7-12/h2-3,6,10,18H,4-5,7,17H2,1H3. The first kappa shape index (κ1) is 13.4. The fraction of sp³-hybridized carbons (Fsp3) is 0.538. The van der Waals surface area contributed by atoms with Gasteiger partial charge in [0.05, 0.1) is 11.2 Å². The molecule has 0 saturated heterocycles. The van der Waals surface area contributed by atoms with Crippen molar-refractivity contribution in [2.24, 2.45) is 5.73 Å². The molecule has 0 bridgehead atoms. The zero-order chi connectivity index (χ0) is 13.6. The summed E-state index contributed by atoms with van der Waals surface area (Å²) in [5.41, 5.74) is 5.01. The summed E-state index contributed by atoms with van der Waals surface area (Å²) < 4.78 is 37.7. The number of benzene rings is 1. The maximum Gasteiger partial charge on any atom is 0.416 e. The van der Waals surface area contributed by atoms with Crippen molar-refractivity contribution in [3.8, 4) is 0 Å². The fourth-order valence-corrected chi connectivity index (χ4v) is 2.67. The van der Waals surface area contributed by atoms with Crippen LogP contribution >= 0.6 is 0 Å². The summed E-state index contributed by atoms with van der Waals surface area (Å²) in [6, 6.07) is 3.38. The van der Waals surface area contributed by atoms with Crippen molar-refractivity contribution in [1.82, 2.24) is 0 Å². The van der Waals surface area contributed by atoms with E-state index >= 15 is 0 Å². The Morgan fingerprint density at radius 2 is 2.06 bits per heavy atom. The van der Waals surface area contributed by atoms with Crippen LogP contribution in [-0.4, -0.2) is 11.1 Å². The largest absolute Gasteiger partial charge is 0.416 e. The minimum atomic E-state index is -4.35. The van der Waals surface area contributed by atoms with Crippen molar-refractivity contribution >= 4 is 0 Å². The van der Waals surface area contributed by atoms with Crippen LogP contribution in [0.3, 0.4) is 0 Å². The van der Waals surface area contributed by atoms with Crippen LogP contribution in [0.4, 0.5) is 13.2 Å². The molecule has 2 rings (SSSR count). The molecule has 5 heteroatoms. The van der Waals surface area contributed by atoms with Gasteiger partial charge in [-0.1, -0.05) is 6.07 Å². The third-order valence-corrected chi connectivity index (χ3v) is 3.58. The highest BCUT2D eigenvalue weighted by atomic mass is 19.4. The van der Waals surface area contributed by atoms with E-state index < -0.39 is 17.3 Å². The second-order valence-corrected chi connectivity index (χ2v) is 5.06. The van der Waals surface area contributed by atoms with Gasteiger partial charge in [0.25, 0.3) is 0 Å². The lowest BCUT2D eigenvalue weighted by molar-refractivity contribution is -0.137. The molecule has 0 aromatic heterocycles. The summed E-state index contributed by atoms with van der Waals surface area (Å²) in [4.78, 5) is 0. The highest BCUT2D eigenvalue weighted by Crippen LogP contribution is 2.41. The molecule has 1 aliphatic rings. The number of aryl methyl sites for hydroxylation is 1. The molecule has 1 aromatic carbocycles. The molecule has 1 saturated carbocycles. The van der Waals surface area contributed by atoms with Crippen molar-refractivity contribution in [2.75, 3.05) is 0 Å². The Morgan fingerprint density at radius 3 is 2.50 bits per heavy atom. The van der Waals surface area contributed by atoms with Gasteiger partial charge in [0.2, 0.25) is 0 Å². The van der Waals surface area contributed by atoms with E-state index in [1.807, 2.05) is 0 Å². The van der Waals surface area contributed by atoms with E-state index in [1.54, 1.807) is 6.92 Å². The molecule has 1 fully saturated rings. The summed E-state index contributed by atoms with van der Waals surface area (Å²) >= 11 is 0. The second kappa shape index (κ2) is 4.24. The minimum absolute atomic E-state index is 0.0864. The summed E-state index contributed by atoms with van der Waals surface area (Å²) in [6.07, 6.45) is -2.76. The number of hydrogen-bond donors (Lipinski definition) is 2. The van der Waals surface area contributed by atoms with Crippen LogP contribution in [0.1, 0.15) is 36.0 Å². The molecular weight excluding hydrogens is 243 g/mol. The number of rotatable bonds is 1. The van der Waals surface area contributed by atoms with Crippen LogP contribution in [0.15, 0.2) is 18.2 Å². The van der Waals surface area contributed by atoms with Crippen molar-refractivity contribution in [2.45, 2.75) is 44.0 Å². The van der Waals surface area contributed by atoms with Crippen LogP contribution < -0.4 is 5.73 Å². The van der Waals surface area contributed by atoms with E-state index in [2.05, 4.69) is 0 Å². The zero-order valence-electron chi connectivity index (χ0n) is 10.1. The lowest BCUT2D eigenvalue weighted by Gasteiger charge is -2.25. The molecule has 100 valence electrons. The Hall–Kier alpha value is -1.07. The van der Waals surface area contributed by atoms with Gasteiger partial charge in [-0.3, -0.25) is 0 Å². The number of nitrogens with two attached hydrogens (primary N) is 1. The van der Waals surface area contributed by atoms with Crippen LogP contribution in [0.25, 0.3) is 0 Å². The molecule has 0 aliphatic heterocycles. The maximum absolute atomic E-state index is 12.6. The quantitative estimate of drug-likeness (QED) is 0.814. The Bertz CT molecular complexity index is 458. The first-order chi connectivity index (χ1) is 8.22. The van der Waals surface area contributed by atoms with Crippen molar-refractivity contribution < 1.29 is 18.3 Å². The molecule has 1 aromatic rings. The van der Waals surface area contributed by atoms with Crippen LogP contribution in [-0.2, 0) is 11.8 Å². The lowest BCUT2D eigenvalue weighted by atomic mass is 9.87.